The fourth-order valence-electron chi connectivity index (χ4n) is 3.14. The van der Waals surface area contributed by atoms with Crippen LogP contribution >= 0.6 is 0 Å². The molecule has 0 aliphatic heterocycles. The molecule has 0 saturated heterocycles. The summed E-state index contributed by atoms with van der Waals surface area (Å²) in [6, 6.07) is 7.10. The number of rotatable bonds is 16. The van der Waals surface area contributed by atoms with Crippen LogP contribution in [-0.4, -0.2) is 23.4 Å². The minimum atomic E-state index is 0.306. The van der Waals surface area contributed by atoms with E-state index in [4.69, 9.17) is 15.9 Å². The number of aliphatic hydroxyl groups excluding tert-OH is 1. The van der Waals surface area contributed by atoms with Crippen molar-refractivity contribution in [3.05, 3.63) is 29.8 Å². The molecule has 4 N–H and O–H groups in total. The van der Waals surface area contributed by atoms with E-state index in [1.165, 1.54) is 89.0 Å². The topological polar surface area (TPSA) is 66.5 Å². The summed E-state index contributed by atoms with van der Waals surface area (Å²) in [4.78, 5) is 0. The van der Waals surface area contributed by atoms with E-state index in [1.807, 2.05) is 12.1 Å². The number of hydrogen-bond donors (Lipinski definition) is 3. The third kappa shape index (κ3) is 19.5. The smallest absolute Gasteiger partial charge is 0.115 e. The number of phenolic OH excluding ortho intramolecular Hbond substituents is 1. The summed E-state index contributed by atoms with van der Waals surface area (Å²) in [6.07, 6.45) is 20.1. The van der Waals surface area contributed by atoms with E-state index >= 15 is 0 Å². The molecule has 0 aromatic heterocycles. The first kappa shape index (κ1) is 25.9. The largest absolute Gasteiger partial charge is 0.508 e. The van der Waals surface area contributed by atoms with E-state index < -0.39 is 0 Å². The molecule has 1 aromatic rings. The maximum Gasteiger partial charge on any atom is 0.115 e. The highest BCUT2D eigenvalue weighted by molar-refractivity contribution is 5.25. The summed E-state index contributed by atoms with van der Waals surface area (Å²) in [5.74, 6) is 0.306. The predicted octanol–water partition coefficient (Wildman–Crippen LogP) is 6.35. The lowest BCUT2D eigenvalue weighted by molar-refractivity contribution is 0.282. The lowest BCUT2D eigenvalue weighted by Crippen LogP contribution is -2.01. The van der Waals surface area contributed by atoms with Gasteiger partial charge in [0.05, 0.1) is 0 Å². The van der Waals surface area contributed by atoms with Crippen molar-refractivity contribution >= 4 is 0 Å². The second kappa shape index (κ2) is 21.2. The molecule has 0 bridgehead atoms. The minimum Gasteiger partial charge on any atom is -0.508 e. The van der Waals surface area contributed by atoms with Crippen LogP contribution in [0.2, 0.25) is 0 Å². The average Bonchev–Trinajstić information content (AvgIpc) is 2.68. The molecule has 158 valence electrons. The van der Waals surface area contributed by atoms with Crippen LogP contribution in [-0.2, 0) is 6.42 Å². The van der Waals surface area contributed by atoms with Crippen molar-refractivity contribution < 1.29 is 10.2 Å². The molecule has 0 radical (unpaired) electrons. The lowest BCUT2D eigenvalue weighted by Gasteiger charge is -2.02. The summed E-state index contributed by atoms with van der Waals surface area (Å²) in [5, 5.41) is 17.5. The van der Waals surface area contributed by atoms with Crippen molar-refractivity contribution in [1.29, 1.82) is 0 Å². The summed E-state index contributed by atoms with van der Waals surface area (Å²) in [5.41, 5.74) is 6.50. The monoisotopic (exact) mass is 379 g/mol. The Kier molecular flexibility index (Phi) is 20.4. The molecular weight excluding hydrogens is 334 g/mol. The van der Waals surface area contributed by atoms with E-state index in [0.717, 1.165) is 12.8 Å². The van der Waals surface area contributed by atoms with E-state index in [1.54, 1.807) is 12.1 Å². The van der Waals surface area contributed by atoms with Crippen LogP contribution in [0.5, 0.6) is 5.75 Å². The molecule has 0 fully saturated rings. The van der Waals surface area contributed by atoms with E-state index in [0.29, 0.717) is 18.9 Å². The van der Waals surface area contributed by atoms with Crippen molar-refractivity contribution in [2.75, 3.05) is 13.2 Å². The van der Waals surface area contributed by atoms with Crippen LogP contribution in [0.15, 0.2) is 24.3 Å². The van der Waals surface area contributed by atoms with Crippen molar-refractivity contribution in [2.24, 2.45) is 5.73 Å². The standard InChI is InChI=1S/C16H34O.C8H11NO/c1-2-3-4-5-6-7-8-9-10-11-12-13-14-15-16-17;9-6-5-7-1-3-8(10)4-2-7/h17H,2-16H2,1H3;1-4,10H,5-6,9H2. The highest BCUT2D eigenvalue weighted by atomic mass is 16.3. The highest BCUT2D eigenvalue weighted by Crippen LogP contribution is 2.12. The van der Waals surface area contributed by atoms with Crippen LogP contribution in [0.4, 0.5) is 0 Å². The SMILES string of the molecule is CCCCCCCCCCCCCCCCO.NCCc1ccc(O)cc1. The van der Waals surface area contributed by atoms with Gasteiger partial charge in [0, 0.05) is 6.61 Å². The number of unbranched alkanes of at least 4 members (excludes halogenated alkanes) is 13. The second-order valence-electron chi connectivity index (χ2n) is 7.52. The second-order valence-corrected chi connectivity index (χ2v) is 7.52. The van der Waals surface area contributed by atoms with E-state index in [9.17, 15) is 0 Å². The quantitative estimate of drug-likeness (QED) is 0.293. The number of hydrogen-bond acceptors (Lipinski definition) is 3. The fourth-order valence-corrected chi connectivity index (χ4v) is 3.14. The molecular formula is C24H45NO2. The molecule has 3 heteroatoms. The van der Waals surface area contributed by atoms with Crippen LogP contribution in [0.3, 0.4) is 0 Å². The van der Waals surface area contributed by atoms with E-state index in [-0.39, 0.29) is 0 Å². The first-order chi connectivity index (χ1) is 13.2. The van der Waals surface area contributed by atoms with Crippen LogP contribution in [0.1, 0.15) is 102 Å². The first-order valence-electron chi connectivity index (χ1n) is 11.3. The maximum absolute atomic E-state index is 8.89. The van der Waals surface area contributed by atoms with Crippen LogP contribution in [0, 0.1) is 0 Å². The molecule has 1 aromatic carbocycles. The summed E-state index contributed by atoms with van der Waals surface area (Å²) in [7, 11) is 0. The first-order valence-corrected chi connectivity index (χ1v) is 11.3. The molecule has 27 heavy (non-hydrogen) atoms. The normalized spacial score (nSPS) is 10.5. The van der Waals surface area contributed by atoms with Crippen LogP contribution in [0.25, 0.3) is 0 Å². The van der Waals surface area contributed by atoms with Crippen molar-refractivity contribution in [1.82, 2.24) is 0 Å². The van der Waals surface area contributed by atoms with Gasteiger partial charge in [-0.1, -0.05) is 103 Å². The van der Waals surface area contributed by atoms with Gasteiger partial charge in [0.1, 0.15) is 5.75 Å². The third-order valence-electron chi connectivity index (χ3n) is 4.88. The zero-order valence-electron chi connectivity index (χ0n) is 17.8. The molecule has 0 aliphatic rings. The molecule has 0 heterocycles. The lowest BCUT2D eigenvalue weighted by atomic mass is 10.0. The van der Waals surface area contributed by atoms with Gasteiger partial charge in [-0.3, -0.25) is 0 Å². The van der Waals surface area contributed by atoms with Gasteiger partial charge in [-0.25, -0.2) is 0 Å². The van der Waals surface area contributed by atoms with Crippen molar-refractivity contribution in [3.8, 4) is 5.75 Å². The number of nitrogens with two attached hydrogens (primary N) is 1. The minimum absolute atomic E-state index is 0.306. The van der Waals surface area contributed by atoms with Gasteiger partial charge in [-0.05, 0) is 37.1 Å². The molecule has 3 nitrogen and oxygen atoms in total. The Morgan fingerprint density at radius 2 is 1.07 bits per heavy atom. The number of aliphatic hydroxyl groups is 1. The number of phenols is 1. The Balaban J connectivity index is 0.000000569. The van der Waals surface area contributed by atoms with Gasteiger partial charge in [-0.2, -0.15) is 0 Å². The molecule has 0 amide bonds. The van der Waals surface area contributed by atoms with E-state index in [2.05, 4.69) is 6.92 Å². The maximum atomic E-state index is 8.89. The Morgan fingerprint density at radius 3 is 1.44 bits per heavy atom. The summed E-state index contributed by atoms with van der Waals surface area (Å²) in [6.45, 7) is 3.31. The Labute approximate surface area is 168 Å². The Morgan fingerprint density at radius 1 is 0.667 bits per heavy atom. The Hall–Kier alpha value is -1.06. The molecule has 0 unspecified atom stereocenters. The molecule has 0 saturated carbocycles. The third-order valence-corrected chi connectivity index (χ3v) is 4.88. The summed E-state index contributed by atoms with van der Waals surface area (Å²) < 4.78 is 0. The summed E-state index contributed by atoms with van der Waals surface area (Å²) >= 11 is 0. The van der Waals surface area contributed by atoms with Crippen LogP contribution < -0.4 is 5.73 Å². The van der Waals surface area contributed by atoms with Gasteiger partial charge in [0.25, 0.3) is 0 Å². The highest BCUT2D eigenvalue weighted by Gasteiger charge is 1.93. The molecule has 1 rings (SSSR count). The average molecular weight is 380 g/mol. The van der Waals surface area contributed by atoms with Crippen molar-refractivity contribution in [2.45, 2.75) is 103 Å². The zero-order valence-corrected chi connectivity index (χ0v) is 17.8. The predicted molar refractivity (Wildman–Crippen MR) is 118 cm³/mol. The van der Waals surface area contributed by atoms with Crippen molar-refractivity contribution in [3.63, 3.8) is 0 Å². The number of aromatic hydroxyl groups is 1. The van der Waals surface area contributed by atoms with Gasteiger partial charge < -0.3 is 15.9 Å². The Bertz CT molecular complexity index is 378. The van der Waals surface area contributed by atoms with Gasteiger partial charge in [-0.15, -0.1) is 0 Å². The van der Waals surface area contributed by atoms with Gasteiger partial charge in [0.2, 0.25) is 0 Å². The van der Waals surface area contributed by atoms with Gasteiger partial charge in [0.15, 0.2) is 0 Å². The molecule has 0 spiro atoms. The molecule has 0 aliphatic carbocycles. The molecule has 0 atom stereocenters. The van der Waals surface area contributed by atoms with Gasteiger partial charge >= 0.3 is 0 Å². The zero-order chi connectivity index (χ0) is 20.0. The fraction of sp³-hybridized carbons (Fsp3) is 0.750. The number of benzene rings is 1.